The number of alkyl halides is 2. The fourth-order valence-corrected chi connectivity index (χ4v) is 6.95. The Labute approximate surface area is 247 Å². The maximum Gasteiger partial charge on any atom is 0.323 e. The summed E-state index contributed by atoms with van der Waals surface area (Å²) in [5.74, 6) is 0.357. The number of carbonyl (C=O) groups excluding carboxylic acids is 1. The fraction of sp³-hybridized carbons (Fsp3) is 0.520. The standard InChI is InChI=1S/C25H33ClFN6O6PS/c1-14(2)37-24(35)15(3)32-40(41,39-17-9-7-6-8-10-17)36-12-25(11-26)20(34)18(27)23(38-25)33-13-29-19-21(28-5)30-16(4)31-22(19)33/h6-10,13-15,18,20,23,34H,11-12H2,1-5H3,(H,32,41)(H,28,30,31)/t15-,18-,20+,23-,25-,40+/m1/s1. The molecule has 2 aromatic heterocycles. The average molecular weight is 631 g/mol. The third-order valence-electron chi connectivity index (χ3n) is 6.24. The smallest absolute Gasteiger partial charge is 0.323 e. The molecule has 3 heterocycles. The Kier molecular flexibility index (Phi) is 9.85. The van der Waals surface area contributed by atoms with Gasteiger partial charge in [0.2, 0.25) is 0 Å². The lowest BCUT2D eigenvalue weighted by molar-refractivity contribution is -0.149. The number of hydrogen-bond donors (Lipinski definition) is 3. The van der Waals surface area contributed by atoms with E-state index in [0.717, 1.165) is 0 Å². The molecule has 3 aromatic rings. The minimum Gasteiger partial charge on any atom is -0.462 e. The van der Waals surface area contributed by atoms with Crippen LogP contribution in [0.2, 0.25) is 0 Å². The second-order valence-corrected chi connectivity index (χ2v) is 13.2. The first-order valence-electron chi connectivity index (χ1n) is 12.8. The summed E-state index contributed by atoms with van der Waals surface area (Å²) in [7, 11) is 1.68. The number of nitrogens with one attached hydrogen (secondary N) is 2. The second kappa shape index (κ2) is 12.8. The van der Waals surface area contributed by atoms with Crippen molar-refractivity contribution in [1.82, 2.24) is 24.6 Å². The van der Waals surface area contributed by atoms with Crippen molar-refractivity contribution in [2.75, 3.05) is 24.9 Å². The van der Waals surface area contributed by atoms with E-state index in [1.54, 1.807) is 65.1 Å². The lowest BCUT2D eigenvalue weighted by Gasteiger charge is -2.33. The molecule has 0 radical (unpaired) electrons. The number of nitrogens with zero attached hydrogens (tertiary/aromatic N) is 4. The van der Waals surface area contributed by atoms with E-state index in [9.17, 15) is 9.90 Å². The van der Waals surface area contributed by atoms with E-state index >= 15 is 4.39 Å². The maximum atomic E-state index is 15.7. The molecule has 16 heteroatoms. The van der Waals surface area contributed by atoms with Gasteiger partial charge in [0.05, 0.1) is 24.9 Å². The summed E-state index contributed by atoms with van der Waals surface area (Å²) in [6, 6.07) is 7.72. The number of esters is 1. The number of aromatic nitrogens is 4. The molecule has 3 N–H and O–H groups in total. The molecule has 4 rings (SSSR count). The molecule has 6 atom stereocenters. The van der Waals surface area contributed by atoms with Gasteiger partial charge in [0, 0.05) is 7.05 Å². The van der Waals surface area contributed by atoms with E-state index in [-0.39, 0.29) is 12.0 Å². The molecule has 1 fully saturated rings. The Bertz CT molecular complexity index is 1420. The van der Waals surface area contributed by atoms with Gasteiger partial charge in [-0.15, -0.1) is 11.6 Å². The van der Waals surface area contributed by atoms with Crippen LogP contribution in [-0.2, 0) is 30.6 Å². The van der Waals surface area contributed by atoms with Crippen LogP contribution in [0.4, 0.5) is 10.2 Å². The first kappa shape index (κ1) is 31.5. The molecule has 0 spiro atoms. The molecular weight excluding hydrogens is 598 g/mol. The van der Waals surface area contributed by atoms with Crippen LogP contribution < -0.4 is 14.9 Å². The van der Waals surface area contributed by atoms with Crippen molar-refractivity contribution in [2.45, 2.75) is 63.9 Å². The number of anilines is 1. The van der Waals surface area contributed by atoms with Crippen molar-refractivity contribution in [1.29, 1.82) is 0 Å². The zero-order valence-corrected chi connectivity index (χ0v) is 25.6. The predicted octanol–water partition coefficient (Wildman–Crippen LogP) is 3.63. The van der Waals surface area contributed by atoms with Crippen LogP contribution in [0.25, 0.3) is 11.2 Å². The van der Waals surface area contributed by atoms with E-state index in [1.165, 1.54) is 10.9 Å². The number of ether oxygens (including phenoxy) is 2. The van der Waals surface area contributed by atoms with Crippen molar-refractivity contribution in [3.05, 3.63) is 42.5 Å². The lowest BCUT2D eigenvalue weighted by atomic mass is 9.99. The molecule has 1 aromatic carbocycles. The number of aliphatic hydroxyl groups excluding tert-OH is 1. The first-order valence-corrected chi connectivity index (χ1v) is 16.0. The minimum absolute atomic E-state index is 0.310. The number of halogens is 2. The van der Waals surface area contributed by atoms with Gasteiger partial charge >= 0.3 is 12.6 Å². The molecule has 224 valence electrons. The number of aliphatic hydroxyl groups is 1. The largest absolute Gasteiger partial charge is 0.462 e. The van der Waals surface area contributed by atoms with Gasteiger partial charge in [-0.05, 0) is 51.6 Å². The normalized spacial score (nSPS) is 24.8. The van der Waals surface area contributed by atoms with E-state index < -0.39 is 49.4 Å². The number of rotatable bonds is 12. The van der Waals surface area contributed by atoms with Crippen LogP contribution in [0.5, 0.6) is 5.75 Å². The average Bonchev–Trinajstić information content (AvgIpc) is 3.46. The minimum atomic E-state index is -3.52. The zero-order valence-electron chi connectivity index (χ0n) is 23.2. The highest BCUT2D eigenvalue weighted by atomic mass is 35.5. The summed E-state index contributed by atoms with van der Waals surface area (Å²) >= 11 is 12.0. The van der Waals surface area contributed by atoms with Gasteiger partial charge in [0.15, 0.2) is 29.4 Å². The monoisotopic (exact) mass is 630 g/mol. The van der Waals surface area contributed by atoms with Gasteiger partial charge in [-0.3, -0.25) is 9.36 Å². The molecule has 12 nitrogen and oxygen atoms in total. The van der Waals surface area contributed by atoms with Crippen molar-refractivity contribution < 1.29 is 32.8 Å². The Balaban J connectivity index is 1.61. The van der Waals surface area contributed by atoms with Crippen LogP contribution in [0.15, 0.2) is 36.7 Å². The van der Waals surface area contributed by atoms with Gasteiger partial charge in [-0.1, -0.05) is 18.2 Å². The summed E-state index contributed by atoms with van der Waals surface area (Å²) in [4.78, 5) is 25.5. The summed E-state index contributed by atoms with van der Waals surface area (Å²) in [5, 5.41) is 16.9. The number of carbonyl (C=O) groups is 1. The van der Waals surface area contributed by atoms with Crippen molar-refractivity contribution >= 4 is 53.0 Å². The van der Waals surface area contributed by atoms with E-state index in [2.05, 4.69) is 25.4 Å². The maximum absolute atomic E-state index is 15.7. The Morgan fingerprint density at radius 3 is 2.66 bits per heavy atom. The summed E-state index contributed by atoms with van der Waals surface area (Å²) < 4.78 is 40.5. The van der Waals surface area contributed by atoms with Crippen molar-refractivity contribution in [3.8, 4) is 5.75 Å². The number of fused-ring (bicyclic) bond motifs is 1. The fourth-order valence-electron chi connectivity index (χ4n) is 4.21. The van der Waals surface area contributed by atoms with Gasteiger partial charge < -0.3 is 28.9 Å². The number of hydrogen-bond acceptors (Lipinski definition) is 11. The van der Waals surface area contributed by atoms with Gasteiger partial charge in [-0.25, -0.2) is 24.4 Å². The predicted molar refractivity (Wildman–Crippen MR) is 155 cm³/mol. The number of aryl methyl sites for hydroxylation is 1. The van der Waals surface area contributed by atoms with E-state index in [4.69, 9.17) is 41.9 Å². The molecule has 41 heavy (non-hydrogen) atoms. The van der Waals surface area contributed by atoms with E-state index in [1.807, 2.05) is 0 Å². The Hall–Kier alpha value is -2.45. The number of para-hydroxylation sites is 1. The number of benzene rings is 1. The third kappa shape index (κ3) is 6.80. The van der Waals surface area contributed by atoms with Crippen molar-refractivity contribution in [3.63, 3.8) is 0 Å². The lowest BCUT2D eigenvalue weighted by Crippen LogP contribution is -2.48. The zero-order chi connectivity index (χ0) is 29.9. The van der Waals surface area contributed by atoms with Gasteiger partial charge in [0.25, 0.3) is 0 Å². The summed E-state index contributed by atoms with van der Waals surface area (Å²) in [6.07, 6.45) is -3.96. The molecule has 1 saturated heterocycles. The molecule has 0 amide bonds. The van der Waals surface area contributed by atoms with Gasteiger partial charge in [0.1, 0.15) is 29.3 Å². The molecule has 0 aliphatic carbocycles. The quantitative estimate of drug-likeness (QED) is 0.153. The SMILES string of the molecule is CNc1nc(C)nc2c1ncn2[C@@H]1O[C@](CCl)(CO[P@@](=S)(N[C@H](C)C(=O)OC(C)C)Oc2ccccc2)[C@@H](O)[C@H]1F. The van der Waals surface area contributed by atoms with Crippen LogP contribution in [0.3, 0.4) is 0 Å². The third-order valence-corrected chi connectivity index (χ3v) is 9.18. The highest BCUT2D eigenvalue weighted by Crippen LogP contribution is 2.49. The molecule has 0 bridgehead atoms. The summed E-state index contributed by atoms with van der Waals surface area (Å²) in [5.41, 5.74) is -1.02. The number of imidazole rings is 1. The Morgan fingerprint density at radius 2 is 2.02 bits per heavy atom. The second-order valence-electron chi connectivity index (χ2n) is 9.80. The first-order chi connectivity index (χ1) is 19.4. The van der Waals surface area contributed by atoms with E-state index in [0.29, 0.717) is 28.6 Å². The molecular formula is C25H33ClFN6O6PS. The molecule has 0 saturated carbocycles. The summed E-state index contributed by atoms with van der Waals surface area (Å²) in [6.45, 7) is 2.71. The van der Waals surface area contributed by atoms with Crippen LogP contribution >= 0.6 is 18.2 Å². The van der Waals surface area contributed by atoms with Crippen LogP contribution in [-0.4, -0.2) is 80.2 Å². The van der Waals surface area contributed by atoms with Gasteiger partial charge in [-0.2, -0.15) is 0 Å². The Morgan fingerprint density at radius 1 is 1.32 bits per heavy atom. The van der Waals surface area contributed by atoms with Crippen LogP contribution in [0, 0.1) is 6.92 Å². The van der Waals surface area contributed by atoms with Crippen molar-refractivity contribution in [2.24, 2.45) is 0 Å². The highest BCUT2D eigenvalue weighted by molar-refractivity contribution is 8.09. The highest BCUT2D eigenvalue weighted by Gasteiger charge is 2.57. The molecule has 0 unspecified atom stereocenters. The molecule has 1 aliphatic heterocycles. The topological polar surface area (TPSA) is 142 Å². The van der Waals surface area contributed by atoms with Crippen LogP contribution in [0.1, 0.15) is 32.8 Å². The molecule has 1 aliphatic rings.